The second-order valence-corrected chi connectivity index (χ2v) is 11.6. The van der Waals surface area contributed by atoms with E-state index in [2.05, 4.69) is 14.6 Å². The Morgan fingerprint density at radius 1 is 1.11 bits per heavy atom. The van der Waals surface area contributed by atoms with Crippen molar-refractivity contribution < 1.29 is 50.1 Å². The standard InChI is InChI=1S/C26H27F3N6O8S/c1-16-4-6-18(7-5-16)22-14-23(26(27,28)29)30-33(22)20-8-10-21(11-9-20)44(38,39)31-24(36)19-12-13-32(15-19)34-35(43-34)42-17(2)41-25(37)40-3/h4-11,14,17,19H,12-13,15H2,1-3H3,(H,31,36). The lowest BCUT2D eigenvalue weighted by atomic mass is 10.1. The first-order chi connectivity index (χ1) is 20.7. The summed E-state index contributed by atoms with van der Waals surface area (Å²) in [6.07, 6.45) is -6.40. The quantitative estimate of drug-likeness (QED) is 0.213. The van der Waals surface area contributed by atoms with Gasteiger partial charge >= 0.3 is 12.3 Å². The van der Waals surface area contributed by atoms with Crippen molar-refractivity contribution >= 4 is 22.1 Å². The monoisotopic (exact) mass is 640 g/mol. The second-order valence-electron chi connectivity index (χ2n) is 9.87. The summed E-state index contributed by atoms with van der Waals surface area (Å²) >= 11 is 0. The molecule has 236 valence electrons. The van der Waals surface area contributed by atoms with E-state index in [1.807, 2.05) is 6.92 Å². The Kier molecular flexibility index (Phi) is 8.11. The Balaban J connectivity index is 1.25. The summed E-state index contributed by atoms with van der Waals surface area (Å²) in [4.78, 5) is 30.1. The van der Waals surface area contributed by atoms with Gasteiger partial charge in [-0.1, -0.05) is 29.8 Å². The van der Waals surface area contributed by atoms with Gasteiger partial charge in [0.1, 0.15) is 5.02 Å². The molecule has 1 N–H and O–H groups in total. The molecule has 1 amide bonds. The van der Waals surface area contributed by atoms with E-state index in [-0.39, 0.29) is 22.8 Å². The predicted octanol–water partition coefficient (Wildman–Crippen LogP) is 3.08. The Morgan fingerprint density at radius 2 is 1.80 bits per heavy atom. The number of rotatable bonds is 9. The van der Waals surface area contributed by atoms with Gasteiger partial charge in [0.2, 0.25) is 5.91 Å². The molecule has 0 bridgehead atoms. The lowest BCUT2D eigenvalue weighted by Gasteiger charge is -2.13. The molecule has 0 radical (unpaired) electrons. The number of sulfonamides is 1. The summed E-state index contributed by atoms with van der Waals surface area (Å²) in [5, 5.41) is 6.20. The highest BCUT2D eigenvalue weighted by Gasteiger charge is 2.37. The molecule has 2 unspecified atom stereocenters. The van der Waals surface area contributed by atoms with Gasteiger partial charge in [-0.05, 0) is 43.7 Å². The molecular weight excluding hydrogens is 613 g/mol. The summed E-state index contributed by atoms with van der Waals surface area (Å²) < 4.78 is 83.9. The summed E-state index contributed by atoms with van der Waals surface area (Å²) in [5.41, 5.74) is 0.652. The van der Waals surface area contributed by atoms with E-state index in [9.17, 15) is 31.2 Å². The molecule has 14 nitrogen and oxygen atoms in total. The van der Waals surface area contributed by atoms with Crippen LogP contribution in [-0.2, 0) is 30.5 Å². The summed E-state index contributed by atoms with van der Waals surface area (Å²) in [6.45, 7) is 3.69. The number of ether oxygens (including phenoxy) is 2. The van der Waals surface area contributed by atoms with Crippen LogP contribution in [0.4, 0.5) is 18.0 Å². The zero-order valence-corrected chi connectivity index (χ0v) is 24.3. The molecule has 2 atom stereocenters. The van der Waals surface area contributed by atoms with Crippen molar-refractivity contribution in [3.05, 3.63) is 65.9 Å². The first-order valence-electron chi connectivity index (χ1n) is 13.1. The molecule has 0 saturated carbocycles. The fraction of sp³-hybridized carbons (Fsp3) is 0.346. The van der Waals surface area contributed by atoms with Gasteiger partial charge in [-0.25, -0.2) is 22.6 Å². The zero-order chi connectivity index (χ0) is 31.8. The molecular formula is C26H27F3N6O8S. The molecule has 0 spiro atoms. The van der Waals surface area contributed by atoms with Gasteiger partial charge in [-0.2, -0.15) is 22.9 Å². The third-order valence-corrected chi connectivity index (χ3v) is 8.04. The maximum atomic E-state index is 13.5. The molecule has 1 fully saturated rings. The Hall–Kier alpha value is -4.87. The minimum atomic E-state index is -4.70. The lowest BCUT2D eigenvalue weighted by Crippen LogP contribution is -2.38. The SMILES string of the molecule is COC(=O)OC(C)On1on1N1CCC(C(=O)NS(=O)(=O)c2ccc(-n3nc(C(F)(F)F)cc3-c3ccc(C)cc3)cc2)C1. The zero-order valence-electron chi connectivity index (χ0n) is 23.5. The number of methoxy groups -OCH3 is 1. The third kappa shape index (κ3) is 6.69. The second kappa shape index (κ2) is 11.7. The molecule has 2 aromatic carbocycles. The van der Waals surface area contributed by atoms with Crippen LogP contribution < -0.4 is 14.6 Å². The highest BCUT2D eigenvalue weighted by Crippen LogP contribution is 2.33. The van der Waals surface area contributed by atoms with Crippen molar-refractivity contribution in [2.24, 2.45) is 5.92 Å². The molecule has 1 aliphatic heterocycles. The minimum absolute atomic E-state index is 0.0923. The predicted molar refractivity (Wildman–Crippen MR) is 144 cm³/mol. The first kappa shape index (κ1) is 30.6. The number of hydrogen-bond donors (Lipinski definition) is 1. The Labute approximate surface area is 248 Å². The summed E-state index contributed by atoms with van der Waals surface area (Å²) in [6, 6.07) is 12.7. The van der Waals surface area contributed by atoms with Crippen molar-refractivity contribution in [1.29, 1.82) is 0 Å². The number of amides is 1. The number of carbonyl (C=O) groups excluding carboxylic acids is 2. The van der Waals surface area contributed by atoms with E-state index in [0.29, 0.717) is 18.5 Å². The Bertz CT molecular complexity index is 1740. The molecule has 0 aliphatic carbocycles. The number of aryl methyl sites for hydroxylation is 1. The third-order valence-electron chi connectivity index (χ3n) is 6.68. The largest absolute Gasteiger partial charge is 0.511 e. The average molecular weight is 641 g/mol. The Morgan fingerprint density at radius 3 is 2.43 bits per heavy atom. The van der Waals surface area contributed by atoms with E-state index < -0.39 is 46.2 Å². The number of nitrogens with one attached hydrogen (secondary N) is 1. The van der Waals surface area contributed by atoms with E-state index in [1.165, 1.54) is 36.2 Å². The molecule has 4 aromatic rings. The van der Waals surface area contributed by atoms with Gasteiger partial charge in [-0.15, -0.1) is 0 Å². The van der Waals surface area contributed by atoms with Crippen LogP contribution >= 0.6 is 0 Å². The normalized spacial score (nSPS) is 16.1. The number of hydrogen-bond acceptors (Lipinski definition) is 10. The molecule has 5 rings (SSSR count). The van der Waals surface area contributed by atoms with E-state index in [4.69, 9.17) is 14.2 Å². The molecule has 2 aromatic heterocycles. The van der Waals surface area contributed by atoms with Crippen molar-refractivity contribution in [3.8, 4) is 16.9 Å². The number of carbonyl (C=O) groups is 2. The van der Waals surface area contributed by atoms with Crippen LogP contribution in [0.1, 0.15) is 24.6 Å². The van der Waals surface area contributed by atoms with Crippen LogP contribution in [0.2, 0.25) is 0 Å². The van der Waals surface area contributed by atoms with Gasteiger partial charge in [0.05, 0.1) is 35.8 Å². The van der Waals surface area contributed by atoms with Crippen molar-refractivity contribution in [2.45, 2.75) is 37.6 Å². The lowest BCUT2D eigenvalue weighted by molar-refractivity contribution is -0.141. The number of alkyl halides is 3. The van der Waals surface area contributed by atoms with Crippen molar-refractivity contribution in [3.63, 3.8) is 0 Å². The number of benzene rings is 2. The molecule has 1 saturated heterocycles. The maximum Gasteiger partial charge on any atom is 0.511 e. The summed E-state index contributed by atoms with van der Waals surface area (Å²) in [5.74, 6) is -1.47. The van der Waals surface area contributed by atoms with E-state index >= 15 is 0 Å². The van der Waals surface area contributed by atoms with Crippen LogP contribution in [0.25, 0.3) is 16.9 Å². The number of halogens is 3. The molecule has 1 aliphatic rings. The minimum Gasteiger partial charge on any atom is -0.438 e. The highest BCUT2D eigenvalue weighted by molar-refractivity contribution is 7.90. The fourth-order valence-corrected chi connectivity index (χ4v) is 5.44. The summed E-state index contributed by atoms with van der Waals surface area (Å²) in [7, 11) is -3.17. The highest BCUT2D eigenvalue weighted by atomic mass is 32.2. The first-order valence-corrected chi connectivity index (χ1v) is 14.6. The smallest absolute Gasteiger partial charge is 0.438 e. The molecule has 44 heavy (non-hydrogen) atoms. The van der Waals surface area contributed by atoms with Gasteiger partial charge in [0.15, 0.2) is 5.69 Å². The van der Waals surface area contributed by atoms with Crippen LogP contribution in [0, 0.1) is 12.8 Å². The topological polar surface area (TPSA) is 152 Å². The van der Waals surface area contributed by atoms with Crippen LogP contribution in [0.15, 0.2) is 64.1 Å². The molecule has 3 heterocycles. The van der Waals surface area contributed by atoms with Crippen LogP contribution in [-0.4, -0.2) is 66.7 Å². The number of aromatic nitrogens is 4. The van der Waals surface area contributed by atoms with Gasteiger partial charge in [0.25, 0.3) is 16.3 Å². The fourth-order valence-electron chi connectivity index (χ4n) is 4.39. The number of nitrogens with zero attached hydrogens (tertiary/aromatic N) is 5. The molecule has 18 heteroatoms. The van der Waals surface area contributed by atoms with Gasteiger partial charge < -0.3 is 14.3 Å². The average Bonchev–Trinajstić information content (AvgIpc) is 3.34. The van der Waals surface area contributed by atoms with Crippen molar-refractivity contribution in [2.75, 3.05) is 25.2 Å². The van der Waals surface area contributed by atoms with E-state index in [0.717, 1.165) is 28.4 Å². The van der Waals surface area contributed by atoms with Crippen LogP contribution in [0.5, 0.6) is 0 Å². The van der Waals surface area contributed by atoms with Gasteiger partial charge in [0, 0.05) is 24.0 Å². The van der Waals surface area contributed by atoms with E-state index in [1.54, 1.807) is 29.3 Å². The van der Waals surface area contributed by atoms with Crippen LogP contribution in [0.3, 0.4) is 0 Å². The van der Waals surface area contributed by atoms with Gasteiger partial charge in [-0.3, -0.25) is 9.80 Å². The maximum absolute atomic E-state index is 13.5. The van der Waals surface area contributed by atoms with Crippen molar-refractivity contribution in [1.82, 2.24) is 24.5 Å².